The minimum atomic E-state index is -0.219. The Morgan fingerprint density at radius 3 is 2.30 bits per heavy atom. The van der Waals surface area contributed by atoms with E-state index in [4.69, 9.17) is 11.6 Å². The molecule has 33 heavy (non-hydrogen) atoms. The molecule has 0 bridgehead atoms. The van der Waals surface area contributed by atoms with Gasteiger partial charge in [-0.1, -0.05) is 11.6 Å². The standard InChI is InChI=1S/C26H37ClN4O2/c1-7-31(21-10-8-20(9-11-21)30(5)6)24-14-19(27)13-22(18(24)4)25(32)28-15-23-16(2)12-17(3)29-26(23)33/h12-14,20-21H,7-11,15H2,1-6H3,(H,28,32)(H,29,33). The SMILES string of the molecule is CCN(c1cc(Cl)cc(C(=O)NCc2c(C)cc(C)[nH]c2=O)c1C)C1CCC(N(C)C)CC1. The number of nitrogens with one attached hydrogen (secondary N) is 2. The van der Waals surface area contributed by atoms with E-state index in [9.17, 15) is 9.59 Å². The Kier molecular flexibility index (Phi) is 8.24. The van der Waals surface area contributed by atoms with Crippen molar-refractivity contribution in [1.82, 2.24) is 15.2 Å². The number of nitrogens with zero attached hydrogens (tertiary/aromatic N) is 2. The van der Waals surface area contributed by atoms with E-state index in [-0.39, 0.29) is 18.0 Å². The molecule has 1 amide bonds. The summed E-state index contributed by atoms with van der Waals surface area (Å²) >= 11 is 6.49. The zero-order valence-electron chi connectivity index (χ0n) is 20.7. The summed E-state index contributed by atoms with van der Waals surface area (Å²) in [6.45, 7) is 8.91. The second-order valence-electron chi connectivity index (χ2n) is 9.44. The summed E-state index contributed by atoms with van der Waals surface area (Å²) < 4.78 is 0. The van der Waals surface area contributed by atoms with Gasteiger partial charge in [0.25, 0.3) is 11.5 Å². The number of anilines is 1. The van der Waals surface area contributed by atoms with Crippen LogP contribution >= 0.6 is 11.6 Å². The number of aromatic nitrogens is 1. The van der Waals surface area contributed by atoms with Crippen molar-refractivity contribution in [3.63, 3.8) is 0 Å². The highest BCUT2D eigenvalue weighted by Crippen LogP contribution is 2.34. The summed E-state index contributed by atoms with van der Waals surface area (Å²) in [6.07, 6.45) is 4.59. The maximum Gasteiger partial charge on any atom is 0.253 e. The van der Waals surface area contributed by atoms with Gasteiger partial charge in [0.1, 0.15) is 0 Å². The van der Waals surface area contributed by atoms with Crippen LogP contribution in [0.3, 0.4) is 0 Å². The number of carbonyl (C=O) groups excluding carboxylic acids is 1. The van der Waals surface area contributed by atoms with Crippen molar-refractivity contribution < 1.29 is 4.79 Å². The van der Waals surface area contributed by atoms with Gasteiger partial charge in [0, 0.05) is 52.7 Å². The molecule has 0 spiro atoms. The first-order valence-corrected chi connectivity index (χ1v) is 12.2. The van der Waals surface area contributed by atoms with Gasteiger partial charge in [0.05, 0.1) is 0 Å². The van der Waals surface area contributed by atoms with E-state index >= 15 is 0 Å². The van der Waals surface area contributed by atoms with Crippen molar-refractivity contribution in [3.05, 3.63) is 61.5 Å². The number of carbonyl (C=O) groups is 1. The molecule has 3 rings (SSSR count). The first-order valence-electron chi connectivity index (χ1n) is 11.8. The highest BCUT2D eigenvalue weighted by molar-refractivity contribution is 6.31. The fraction of sp³-hybridized carbons (Fsp3) is 0.538. The van der Waals surface area contributed by atoms with Crippen LogP contribution in [0.2, 0.25) is 5.02 Å². The van der Waals surface area contributed by atoms with Gasteiger partial charge in [-0.15, -0.1) is 0 Å². The molecule has 1 saturated carbocycles. The topological polar surface area (TPSA) is 68.4 Å². The van der Waals surface area contributed by atoms with Crippen molar-refractivity contribution in [2.24, 2.45) is 0 Å². The largest absolute Gasteiger partial charge is 0.369 e. The van der Waals surface area contributed by atoms with E-state index in [1.807, 2.05) is 32.9 Å². The second kappa shape index (κ2) is 10.7. The van der Waals surface area contributed by atoms with E-state index in [1.54, 1.807) is 6.07 Å². The van der Waals surface area contributed by atoms with Gasteiger partial charge in [-0.25, -0.2) is 0 Å². The van der Waals surface area contributed by atoms with Gasteiger partial charge >= 0.3 is 0 Å². The minimum absolute atomic E-state index is 0.165. The van der Waals surface area contributed by atoms with Crippen LogP contribution in [0, 0.1) is 20.8 Å². The average molecular weight is 473 g/mol. The fourth-order valence-corrected chi connectivity index (χ4v) is 5.29. The number of hydrogen-bond donors (Lipinski definition) is 2. The Hall–Kier alpha value is -2.31. The maximum absolute atomic E-state index is 13.1. The fourth-order valence-electron chi connectivity index (χ4n) is 5.08. The number of H-pyrrole nitrogens is 1. The number of rotatable bonds is 7. The van der Waals surface area contributed by atoms with E-state index < -0.39 is 0 Å². The van der Waals surface area contributed by atoms with Crippen LogP contribution in [0.1, 0.15) is 65.3 Å². The normalized spacial score (nSPS) is 18.4. The lowest BCUT2D eigenvalue weighted by molar-refractivity contribution is 0.0950. The molecule has 1 heterocycles. The van der Waals surface area contributed by atoms with Crippen LogP contribution in [0.25, 0.3) is 0 Å². The number of amides is 1. The van der Waals surface area contributed by atoms with Gasteiger partial charge in [0.2, 0.25) is 0 Å². The predicted molar refractivity (Wildman–Crippen MR) is 137 cm³/mol. The van der Waals surface area contributed by atoms with Crippen LogP contribution in [0.15, 0.2) is 23.0 Å². The van der Waals surface area contributed by atoms with E-state index in [1.165, 1.54) is 12.8 Å². The summed E-state index contributed by atoms with van der Waals surface area (Å²) in [4.78, 5) is 33.0. The third-order valence-corrected chi connectivity index (χ3v) is 7.21. The molecule has 180 valence electrons. The molecule has 1 aromatic heterocycles. The van der Waals surface area contributed by atoms with Gasteiger partial charge in [0.15, 0.2) is 0 Å². The Bertz CT molecular complexity index is 1050. The zero-order valence-corrected chi connectivity index (χ0v) is 21.5. The second-order valence-corrected chi connectivity index (χ2v) is 9.87. The average Bonchev–Trinajstić information content (AvgIpc) is 2.75. The number of halogens is 1. The molecule has 1 fully saturated rings. The molecule has 0 unspecified atom stereocenters. The Balaban J connectivity index is 1.81. The molecule has 6 nitrogen and oxygen atoms in total. The number of pyridine rings is 1. The molecule has 7 heteroatoms. The summed E-state index contributed by atoms with van der Waals surface area (Å²) in [5.74, 6) is -0.219. The minimum Gasteiger partial charge on any atom is -0.369 e. The summed E-state index contributed by atoms with van der Waals surface area (Å²) in [7, 11) is 4.31. The van der Waals surface area contributed by atoms with E-state index in [0.29, 0.717) is 28.2 Å². The van der Waals surface area contributed by atoms with Crippen LogP contribution in [-0.2, 0) is 6.54 Å². The molecule has 0 aliphatic heterocycles. The van der Waals surface area contributed by atoms with Gasteiger partial charge in [-0.2, -0.15) is 0 Å². The van der Waals surface area contributed by atoms with Crippen molar-refractivity contribution in [1.29, 1.82) is 0 Å². The lowest BCUT2D eigenvalue weighted by Gasteiger charge is -2.40. The van der Waals surface area contributed by atoms with Crippen molar-refractivity contribution in [2.75, 3.05) is 25.5 Å². The quantitative estimate of drug-likeness (QED) is 0.618. The Labute approximate surface area is 202 Å². The molecular formula is C26H37ClN4O2. The lowest BCUT2D eigenvalue weighted by Crippen LogP contribution is -2.42. The molecule has 0 atom stereocenters. The molecule has 2 N–H and O–H groups in total. The third kappa shape index (κ3) is 5.79. The number of hydrogen-bond acceptors (Lipinski definition) is 4. The maximum atomic E-state index is 13.1. The zero-order chi connectivity index (χ0) is 24.3. The first kappa shape index (κ1) is 25.3. The number of aryl methyl sites for hydroxylation is 2. The van der Waals surface area contributed by atoms with Crippen LogP contribution < -0.4 is 15.8 Å². The van der Waals surface area contributed by atoms with Gasteiger partial charge < -0.3 is 20.1 Å². The highest BCUT2D eigenvalue weighted by atomic mass is 35.5. The number of benzene rings is 1. The van der Waals surface area contributed by atoms with Crippen LogP contribution in [-0.4, -0.2) is 48.5 Å². The van der Waals surface area contributed by atoms with Crippen molar-refractivity contribution in [2.45, 2.75) is 72.0 Å². The lowest BCUT2D eigenvalue weighted by atomic mass is 9.89. The smallest absolute Gasteiger partial charge is 0.253 e. The van der Waals surface area contributed by atoms with E-state index in [0.717, 1.165) is 41.9 Å². The highest BCUT2D eigenvalue weighted by Gasteiger charge is 2.28. The summed E-state index contributed by atoms with van der Waals surface area (Å²) in [5.41, 5.74) is 4.58. The summed E-state index contributed by atoms with van der Waals surface area (Å²) in [5, 5.41) is 3.47. The number of aromatic amines is 1. The molecule has 1 aliphatic rings. The van der Waals surface area contributed by atoms with Gasteiger partial charge in [-0.3, -0.25) is 9.59 Å². The Morgan fingerprint density at radius 1 is 1.09 bits per heavy atom. The first-order chi connectivity index (χ1) is 15.6. The van der Waals surface area contributed by atoms with Crippen molar-refractivity contribution in [3.8, 4) is 0 Å². The molecule has 1 aliphatic carbocycles. The molecule has 2 aromatic rings. The predicted octanol–water partition coefficient (Wildman–Crippen LogP) is 4.58. The van der Waals surface area contributed by atoms with E-state index in [2.05, 4.69) is 41.1 Å². The summed E-state index contributed by atoms with van der Waals surface area (Å²) in [6, 6.07) is 6.68. The molecule has 1 aromatic carbocycles. The monoisotopic (exact) mass is 472 g/mol. The van der Waals surface area contributed by atoms with Crippen LogP contribution in [0.5, 0.6) is 0 Å². The van der Waals surface area contributed by atoms with Crippen molar-refractivity contribution >= 4 is 23.2 Å². The van der Waals surface area contributed by atoms with Gasteiger partial charge in [-0.05, 0) is 96.8 Å². The molecular weight excluding hydrogens is 436 g/mol. The Morgan fingerprint density at radius 2 is 1.73 bits per heavy atom. The third-order valence-electron chi connectivity index (χ3n) is 7.00. The van der Waals surface area contributed by atoms with Crippen LogP contribution in [0.4, 0.5) is 5.69 Å². The molecule has 0 saturated heterocycles. The molecule has 0 radical (unpaired) electrons.